The van der Waals surface area contributed by atoms with Crippen molar-refractivity contribution < 1.29 is 8.76 Å². The van der Waals surface area contributed by atoms with Gasteiger partial charge in [-0.1, -0.05) is 12.8 Å². The Hall–Kier alpha value is 0.0700. The lowest BCUT2D eigenvalue weighted by Gasteiger charge is -2.25. The average Bonchev–Trinajstić information content (AvgIpc) is 2.47. The number of rotatable bonds is 5. The normalized spacial score (nSPS) is 23.2. The van der Waals surface area contributed by atoms with Crippen LogP contribution in [-0.4, -0.2) is 26.6 Å². The molecule has 2 N–H and O–H groups in total. The van der Waals surface area contributed by atoms with Gasteiger partial charge in [-0.05, 0) is 32.7 Å². The molecule has 0 bridgehead atoms. The molecule has 1 fully saturated rings. The van der Waals surface area contributed by atoms with Crippen molar-refractivity contribution in [2.45, 2.75) is 44.6 Å². The molecule has 0 aromatic heterocycles. The minimum Gasteiger partial charge on any atom is -0.311 e. The van der Waals surface area contributed by atoms with Crippen LogP contribution in [0.3, 0.4) is 0 Å². The second-order valence-electron chi connectivity index (χ2n) is 4.07. The van der Waals surface area contributed by atoms with Gasteiger partial charge >= 0.3 is 0 Å². The lowest BCUT2D eigenvalue weighted by atomic mass is 10.0. The van der Waals surface area contributed by atoms with E-state index in [1.807, 2.05) is 0 Å². The molecule has 1 aliphatic rings. The van der Waals surface area contributed by atoms with E-state index in [1.54, 1.807) is 0 Å². The fourth-order valence-electron chi connectivity index (χ4n) is 1.92. The van der Waals surface area contributed by atoms with Crippen LogP contribution in [-0.2, 0) is 11.1 Å². The minimum atomic E-state index is -1.62. The molecule has 1 unspecified atom stereocenters. The van der Waals surface area contributed by atoms with Crippen LogP contribution in [0.1, 0.15) is 39.0 Å². The zero-order valence-corrected chi connectivity index (χ0v) is 9.03. The summed E-state index contributed by atoms with van der Waals surface area (Å²) in [7, 11) is 0. The Morgan fingerprint density at radius 2 is 2.08 bits per heavy atom. The van der Waals surface area contributed by atoms with Crippen molar-refractivity contribution in [3.8, 4) is 0 Å². The van der Waals surface area contributed by atoms with E-state index in [2.05, 4.69) is 12.2 Å². The Labute approximate surface area is 82.6 Å². The summed E-state index contributed by atoms with van der Waals surface area (Å²) < 4.78 is 18.9. The standard InChI is InChI=1S/C9H19NO2S/c1-9(5-2-3-6-9)10-7-4-8-13(11)12/h10H,2-8H2,1H3,(H,11,12). The smallest absolute Gasteiger partial charge is 0.152 e. The van der Waals surface area contributed by atoms with Gasteiger partial charge in [-0.3, -0.25) is 0 Å². The van der Waals surface area contributed by atoms with E-state index in [-0.39, 0.29) is 0 Å². The number of nitrogens with one attached hydrogen (secondary N) is 1. The van der Waals surface area contributed by atoms with Crippen molar-refractivity contribution in [2.75, 3.05) is 12.3 Å². The molecule has 0 spiro atoms. The first-order valence-corrected chi connectivity index (χ1v) is 6.22. The molecule has 0 heterocycles. The lowest BCUT2D eigenvalue weighted by molar-refractivity contribution is 0.366. The summed E-state index contributed by atoms with van der Waals surface area (Å²) in [5.74, 6) is 0.392. The van der Waals surface area contributed by atoms with Crippen molar-refractivity contribution in [3.05, 3.63) is 0 Å². The predicted octanol–water partition coefficient (Wildman–Crippen LogP) is 1.52. The van der Waals surface area contributed by atoms with Crippen molar-refractivity contribution in [1.82, 2.24) is 5.32 Å². The molecule has 3 nitrogen and oxygen atoms in total. The summed E-state index contributed by atoms with van der Waals surface area (Å²) in [5, 5.41) is 3.47. The summed E-state index contributed by atoms with van der Waals surface area (Å²) in [6.07, 6.45) is 5.91. The van der Waals surface area contributed by atoms with Crippen molar-refractivity contribution in [2.24, 2.45) is 0 Å². The molecule has 13 heavy (non-hydrogen) atoms. The zero-order chi connectivity index (χ0) is 9.73. The second kappa shape index (κ2) is 5.08. The first-order chi connectivity index (χ1) is 6.12. The molecule has 0 amide bonds. The zero-order valence-electron chi connectivity index (χ0n) is 8.21. The van der Waals surface area contributed by atoms with Gasteiger partial charge in [0.1, 0.15) is 0 Å². The molecule has 78 valence electrons. The van der Waals surface area contributed by atoms with Gasteiger partial charge in [0.2, 0.25) is 0 Å². The third kappa shape index (κ3) is 4.20. The summed E-state index contributed by atoms with van der Waals surface area (Å²) in [6, 6.07) is 0. The third-order valence-electron chi connectivity index (χ3n) is 2.75. The largest absolute Gasteiger partial charge is 0.311 e. The maximum absolute atomic E-state index is 10.4. The number of hydrogen-bond acceptors (Lipinski definition) is 2. The molecule has 0 aromatic carbocycles. The quantitative estimate of drug-likeness (QED) is 0.528. The van der Waals surface area contributed by atoms with E-state index in [0.29, 0.717) is 11.3 Å². The molecule has 0 aromatic rings. The second-order valence-corrected chi connectivity index (χ2v) is 5.12. The first-order valence-electron chi connectivity index (χ1n) is 4.95. The van der Waals surface area contributed by atoms with E-state index < -0.39 is 11.1 Å². The van der Waals surface area contributed by atoms with Gasteiger partial charge in [-0.2, -0.15) is 0 Å². The molecule has 1 atom stereocenters. The van der Waals surface area contributed by atoms with E-state index in [1.165, 1.54) is 25.7 Å². The lowest BCUT2D eigenvalue weighted by Crippen LogP contribution is -2.40. The van der Waals surface area contributed by atoms with Gasteiger partial charge in [0, 0.05) is 5.54 Å². The molecule has 4 heteroatoms. The fraction of sp³-hybridized carbons (Fsp3) is 1.00. The Morgan fingerprint density at radius 1 is 1.46 bits per heavy atom. The Bertz CT molecular complexity index is 178. The fourth-order valence-corrected chi connectivity index (χ4v) is 2.31. The maximum atomic E-state index is 10.4. The van der Waals surface area contributed by atoms with Crippen LogP contribution in [0.2, 0.25) is 0 Å². The predicted molar refractivity (Wildman–Crippen MR) is 55.1 cm³/mol. The highest BCUT2D eigenvalue weighted by Gasteiger charge is 2.27. The summed E-state index contributed by atoms with van der Waals surface area (Å²) in [5.41, 5.74) is 0.303. The summed E-state index contributed by atoms with van der Waals surface area (Å²) in [4.78, 5) is 0. The van der Waals surface area contributed by atoms with Crippen LogP contribution in [0.15, 0.2) is 0 Å². The van der Waals surface area contributed by atoms with Crippen LogP contribution in [0.5, 0.6) is 0 Å². The molecular formula is C9H19NO2S. The Kier molecular flexibility index (Phi) is 4.35. The van der Waals surface area contributed by atoms with Crippen LogP contribution >= 0.6 is 0 Å². The third-order valence-corrected chi connectivity index (χ3v) is 3.39. The van der Waals surface area contributed by atoms with Crippen LogP contribution in [0, 0.1) is 0 Å². The maximum Gasteiger partial charge on any atom is 0.152 e. The van der Waals surface area contributed by atoms with Gasteiger partial charge in [-0.25, -0.2) is 4.21 Å². The minimum absolute atomic E-state index is 0.303. The molecule has 1 saturated carbocycles. The van der Waals surface area contributed by atoms with Crippen LogP contribution in [0.4, 0.5) is 0 Å². The van der Waals surface area contributed by atoms with E-state index in [0.717, 1.165) is 13.0 Å². The van der Waals surface area contributed by atoms with Gasteiger partial charge in [0.15, 0.2) is 11.1 Å². The van der Waals surface area contributed by atoms with Crippen molar-refractivity contribution >= 4 is 11.1 Å². The first kappa shape index (κ1) is 11.1. The van der Waals surface area contributed by atoms with Gasteiger partial charge in [0.05, 0.1) is 5.75 Å². The van der Waals surface area contributed by atoms with E-state index in [4.69, 9.17) is 4.55 Å². The average molecular weight is 205 g/mol. The van der Waals surface area contributed by atoms with Crippen LogP contribution in [0.25, 0.3) is 0 Å². The monoisotopic (exact) mass is 205 g/mol. The summed E-state index contributed by atoms with van der Waals surface area (Å²) in [6.45, 7) is 3.11. The van der Waals surface area contributed by atoms with Gasteiger partial charge in [-0.15, -0.1) is 0 Å². The van der Waals surface area contributed by atoms with Gasteiger partial charge < -0.3 is 9.87 Å². The Morgan fingerprint density at radius 3 is 2.62 bits per heavy atom. The highest BCUT2D eigenvalue weighted by molar-refractivity contribution is 7.79. The Balaban J connectivity index is 2.07. The molecule has 1 rings (SSSR count). The van der Waals surface area contributed by atoms with Crippen LogP contribution < -0.4 is 5.32 Å². The van der Waals surface area contributed by atoms with E-state index >= 15 is 0 Å². The van der Waals surface area contributed by atoms with Crippen molar-refractivity contribution in [1.29, 1.82) is 0 Å². The van der Waals surface area contributed by atoms with Gasteiger partial charge in [0.25, 0.3) is 0 Å². The molecular weight excluding hydrogens is 186 g/mol. The molecule has 0 radical (unpaired) electrons. The molecule has 0 saturated heterocycles. The number of hydrogen-bond donors (Lipinski definition) is 2. The molecule has 1 aliphatic carbocycles. The van der Waals surface area contributed by atoms with Crippen molar-refractivity contribution in [3.63, 3.8) is 0 Å². The SMILES string of the molecule is CC1(NCCCS(=O)O)CCCC1. The van der Waals surface area contributed by atoms with E-state index in [9.17, 15) is 4.21 Å². The molecule has 0 aliphatic heterocycles. The highest BCUT2D eigenvalue weighted by Crippen LogP contribution is 2.28. The summed E-state index contributed by atoms with van der Waals surface area (Å²) >= 11 is -1.62. The topological polar surface area (TPSA) is 49.3 Å². The highest BCUT2D eigenvalue weighted by atomic mass is 32.2.